The van der Waals surface area contributed by atoms with Crippen LogP contribution < -0.4 is 0 Å². The van der Waals surface area contributed by atoms with Crippen LogP contribution in [0.2, 0.25) is 0 Å². The number of benzene rings is 1. The van der Waals surface area contributed by atoms with Crippen LogP contribution in [0.15, 0.2) is 24.3 Å². The molecule has 2 aliphatic rings. The molecule has 1 fully saturated rings. The van der Waals surface area contributed by atoms with E-state index in [1.54, 1.807) is 0 Å². The zero-order valence-electron chi connectivity index (χ0n) is 7.41. The van der Waals surface area contributed by atoms with Crippen LogP contribution in [0.25, 0.3) is 0 Å². The quantitative estimate of drug-likeness (QED) is 0.575. The molecule has 0 saturated heterocycles. The van der Waals surface area contributed by atoms with Gasteiger partial charge in [0.15, 0.2) is 0 Å². The van der Waals surface area contributed by atoms with Crippen LogP contribution in [0, 0.1) is 3.57 Å². The first kappa shape index (κ1) is 8.97. The van der Waals surface area contributed by atoms with Crippen molar-refractivity contribution in [3.63, 3.8) is 0 Å². The zero-order valence-corrected chi connectivity index (χ0v) is 10.3. The van der Waals surface area contributed by atoms with Crippen molar-refractivity contribution < 1.29 is 4.79 Å². The summed E-state index contributed by atoms with van der Waals surface area (Å²) < 4.78 is 3.09. The Labute approximate surface area is 93.7 Å². The Kier molecular flexibility index (Phi) is 1.99. The van der Waals surface area contributed by atoms with Gasteiger partial charge in [-0.25, -0.2) is 0 Å². The molecule has 4 heteroatoms. The summed E-state index contributed by atoms with van der Waals surface area (Å²) in [4.78, 5) is 12.0. The number of nitrogens with zero attached hydrogens (tertiary/aromatic N) is 1. The van der Waals surface area contributed by atoms with Gasteiger partial charge in [0.1, 0.15) is 0 Å². The molecule has 3 rings (SSSR count). The number of fused-ring (bicyclic) bond motifs is 1. The van der Waals surface area contributed by atoms with Crippen LogP contribution in [0.4, 0.5) is 0 Å². The van der Waals surface area contributed by atoms with Crippen LogP contribution in [0.1, 0.15) is 23.2 Å². The van der Waals surface area contributed by atoms with Crippen LogP contribution >= 0.6 is 27.9 Å². The molecule has 0 atom stereocenters. The third-order valence-electron chi connectivity index (χ3n) is 2.49. The van der Waals surface area contributed by atoms with Gasteiger partial charge in [0.05, 0.1) is 0 Å². The first-order valence-corrected chi connectivity index (χ1v) is 9.36. The second kappa shape index (κ2) is 3.10. The molecule has 74 valence electrons. The Hall–Kier alpha value is -0.290. The normalized spacial score (nSPS) is 22.8. The van der Waals surface area contributed by atoms with Crippen molar-refractivity contribution >= 4 is 33.8 Å². The molecule has 1 heterocycles. The first-order valence-electron chi connectivity index (χ1n) is 4.58. The molecule has 0 bridgehead atoms. The van der Waals surface area contributed by atoms with E-state index in [9.17, 15) is 4.79 Å². The molecule has 2 nitrogen and oxygen atoms in total. The summed E-state index contributed by atoms with van der Waals surface area (Å²) in [6.07, 6.45) is 2.28. The molecule has 0 spiro atoms. The van der Waals surface area contributed by atoms with E-state index in [-0.39, 0.29) is 5.91 Å². The molecule has 14 heavy (non-hydrogen) atoms. The van der Waals surface area contributed by atoms with Crippen LogP contribution in [-0.4, -0.2) is 15.1 Å². The maximum atomic E-state index is 12.0. The minimum absolute atomic E-state index is 0.170. The van der Waals surface area contributed by atoms with Crippen molar-refractivity contribution in [1.29, 1.82) is 0 Å². The molecule has 0 aromatic heterocycles. The third-order valence-corrected chi connectivity index (χ3v) is 8.49. The number of hydrogen-bond acceptors (Lipinski definition) is 1. The Morgan fingerprint density at radius 3 is 2.71 bits per heavy atom. The molecule has 0 radical (unpaired) electrons. The molecule has 1 aliphatic carbocycles. The fourth-order valence-electron chi connectivity index (χ4n) is 1.64. The Balaban J connectivity index is 2.07. The molecule has 1 aromatic carbocycles. The van der Waals surface area contributed by atoms with E-state index >= 15 is 0 Å². The summed E-state index contributed by atoms with van der Waals surface area (Å²) in [6, 6.07) is 8.24. The van der Waals surface area contributed by atoms with Gasteiger partial charge in [0.2, 0.25) is 0 Å². The SMILES string of the molecule is O=C1c2ccccc2I(Cl)N1C1CC1. The summed E-state index contributed by atoms with van der Waals surface area (Å²) in [6.45, 7) is 0. The van der Waals surface area contributed by atoms with Gasteiger partial charge in [-0.05, 0) is 0 Å². The minimum atomic E-state index is -1.84. The molecule has 1 aromatic rings. The standard InChI is InChI=1S/C10H9ClINO/c11-12-9-4-2-1-3-8(9)10(14)13(12)7-5-6-7/h1-4,7H,5-6H2. The van der Waals surface area contributed by atoms with E-state index in [1.807, 2.05) is 27.4 Å². The van der Waals surface area contributed by atoms with E-state index in [4.69, 9.17) is 8.91 Å². The van der Waals surface area contributed by atoms with Gasteiger partial charge in [-0.1, -0.05) is 0 Å². The Morgan fingerprint density at radius 1 is 1.36 bits per heavy atom. The van der Waals surface area contributed by atoms with Gasteiger partial charge in [-0.3, -0.25) is 0 Å². The van der Waals surface area contributed by atoms with Gasteiger partial charge in [-0.15, -0.1) is 0 Å². The number of hydrogen-bond donors (Lipinski definition) is 0. The average molecular weight is 322 g/mol. The molecule has 1 aliphatic heterocycles. The summed E-state index contributed by atoms with van der Waals surface area (Å²) in [5.74, 6) is 0.170. The van der Waals surface area contributed by atoms with E-state index in [1.165, 1.54) is 0 Å². The molecule has 1 amide bonds. The van der Waals surface area contributed by atoms with E-state index < -0.39 is 19.0 Å². The van der Waals surface area contributed by atoms with Gasteiger partial charge in [0, 0.05) is 0 Å². The second-order valence-corrected chi connectivity index (χ2v) is 8.82. The summed E-state index contributed by atoms with van der Waals surface area (Å²) in [7, 11) is 6.40. The van der Waals surface area contributed by atoms with Crippen molar-refractivity contribution in [2.75, 3.05) is 0 Å². The topological polar surface area (TPSA) is 20.3 Å². The summed E-state index contributed by atoms with van der Waals surface area (Å²) in [5, 5.41) is 0. The number of halogens is 2. The molecule has 0 unspecified atom stereocenters. The fourth-order valence-corrected chi connectivity index (χ4v) is 7.41. The van der Waals surface area contributed by atoms with Crippen LogP contribution in [0.3, 0.4) is 0 Å². The number of amides is 1. The number of rotatable bonds is 1. The molecular weight excluding hydrogens is 312 g/mol. The molecule has 0 N–H and O–H groups in total. The molecular formula is C10H9ClINO. The van der Waals surface area contributed by atoms with E-state index in [2.05, 4.69) is 0 Å². The van der Waals surface area contributed by atoms with E-state index in [0.29, 0.717) is 6.04 Å². The predicted octanol–water partition coefficient (Wildman–Crippen LogP) is 3.05. The average Bonchev–Trinajstić information content (AvgIpc) is 2.99. The summed E-state index contributed by atoms with van der Waals surface area (Å²) >= 11 is -1.84. The van der Waals surface area contributed by atoms with Gasteiger partial charge in [0.25, 0.3) is 0 Å². The van der Waals surface area contributed by atoms with Crippen molar-refractivity contribution in [3.8, 4) is 0 Å². The number of carbonyl (C=O) groups is 1. The van der Waals surface area contributed by atoms with Gasteiger partial charge in [-0.2, -0.15) is 0 Å². The van der Waals surface area contributed by atoms with E-state index in [0.717, 1.165) is 22.0 Å². The van der Waals surface area contributed by atoms with Crippen molar-refractivity contribution in [2.24, 2.45) is 0 Å². The van der Waals surface area contributed by atoms with Gasteiger partial charge >= 0.3 is 94.0 Å². The fraction of sp³-hybridized carbons (Fsp3) is 0.300. The van der Waals surface area contributed by atoms with Crippen molar-refractivity contribution in [2.45, 2.75) is 18.9 Å². The van der Waals surface area contributed by atoms with Gasteiger partial charge < -0.3 is 0 Å². The third kappa shape index (κ3) is 1.18. The van der Waals surface area contributed by atoms with Crippen molar-refractivity contribution in [1.82, 2.24) is 3.11 Å². The first-order chi connectivity index (χ1) is 6.79. The van der Waals surface area contributed by atoms with Crippen LogP contribution in [0.5, 0.6) is 0 Å². The molecule has 1 saturated carbocycles. The monoisotopic (exact) mass is 321 g/mol. The Bertz CT molecular complexity index is 405. The summed E-state index contributed by atoms with van der Waals surface area (Å²) in [5.41, 5.74) is 0.847. The maximum absolute atomic E-state index is 12.0. The van der Waals surface area contributed by atoms with Crippen LogP contribution in [-0.2, 0) is 0 Å². The predicted molar refractivity (Wildman–Crippen MR) is 64.2 cm³/mol. The van der Waals surface area contributed by atoms with Crippen molar-refractivity contribution in [3.05, 3.63) is 33.4 Å². The number of carbonyl (C=O) groups excluding carboxylic acids is 1. The second-order valence-electron chi connectivity index (χ2n) is 3.55. The zero-order chi connectivity index (χ0) is 9.71. The Morgan fingerprint density at radius 2 is 2.07 bits per heavy atom.